The predicted molar refractivity (Wildman–Crippen MR) is 78.5 cm³/mol. The summed E-state index contributed by atoms with van der Waals surface area (Å²) in [6, 6.07) is 7.32. The van der Waals surface area contributed by atoms with Gasteiger partial charge in [-0.2, -0.15) is 0 Å². The second-order valence-corrected chi connectivity index (χ2v) is 5.21. The highest BCUT2D eigenvalue weighted by Gasteiger charge is 2.39. The zero-order valence-electron chi connectivity index (χ0n) is 12.5. The van der Waals surface area contributed by atoms with Crippen molar-refractivity contribution in [3.63, 3.8) is 0 Å². The molecule has 2 rings (SSSR count). The van der Waals surface area contributed by atoms with E-state index in [9.17, 15) is 4.79 Å². The minimum atomic E-state index is -0.880. The van der Waals surface area contributed by atoms with Gasteiger partial charge in [0, 0.05) is 13.7 Å². The van der Waals surface area contributed by atoms with Gasteiger partial charge in [0.2, 0.25) is 5.91 Å². The van der Waals surface area contributed by atoms with Gasteiger partial charge in [-0.1, -0.05) is 0 Å². The summed E-state index contributed by atoms with van der Waals surface area (Å²) in [5.41, 5.74) is 5.17. The van der Waals surface area contributed by atoms with Gasteiger partial charge in [0.1, 0.15) is 23.6 Å². The highest BCUT2D eigenvalue weighted by molar-refractivity contribution is 5.86. The van der Waals surface area contributed by atoms with E-state index in [1.54, 1.807) is 19.1 Å². The molecule has 1 unspecified atom stereocenters. The van der Waals surface area contributed by atoms with E-state index >= 15 is 0 Å². The molecule has 2 N–H and O–H groups in total. The molecule has 1 aromatic rings. The first-order valence-electron chi connectivity index (χ1n) is 6.94. The van der Waals surface area contributed by atoms with Crippen molar-refractivity contribution in [3.05, 3.63) is 24.3 Å². The third-order valence-corrected chi connectivity index (χ3v) is 3.58. The molecule has 116 valence electrons. The van der Waals surface area contributed by atoms with Gasteiger partial charge < -0.3 is 24.8 Å². The fourth-order valence-electron chi connectivity index (χ4n) is 2.20. The average molecular weight is 294 g/mol. The van der Waals surface area contributed by atoms with Crippen LogP contribution in [0.25, 0.3) is 0 Å². The fourth-order valence-corrected chi connectivity index (χ4v) is 2.20. The summed E-state index contributed by atoms with van der Waals surface area (Å²) in [6.07, 6.45) is 0.565. The zero-order valence-corrected chi connectivity index (χ0v) is 12.5. The van der Waals surface area contributed by atoms with Crippen LogP contribution in [-0.4, -0.2) is 56.9 Å². The molecular weight excluding hydrogens is 272 g/mol. The van der Waals surface area contributed by atoms with E-state index in [1.807, 2.05) is 24.3 Å². The summed E-state index contributed by atoms with van der Waals surface area (Å²) in [7, 11) is 3.35. The molecular formula is C15H22N2O4. The monoisotopic (exact) mass is 294 g/mol. The van der Waals surface area contributed by atoms with Crippen LogP contribution >= 0.6 is 0 Å². The van der Waals surface area contributed by atoms with E-state index < -0.39 is 5.54 Å². The SMILES string of the molecule is COc1ccc(OCCN(C)C(=O)C2(N)CCOC2)cc1. The first kappa shape index (κ1) is 15.6. The summed E-state index contributed by atoms with van der Waals surface area (Å²) in [6.45, 7) is 1.71. The number of hydrogen-bond acceptors (Lipinski definition) is 5. The number of hydrogen-bond donors (Lipinski definition) is 1. The number of nitrogens with zero attached hydrogens (tertiary/aromatic N) is 1. The third-order valence-electron chi connectivity index (χ3n) is 3.58. The number of rotatable bonds is 6. The molecule has 0 aliphatic carbocycles. The number of carbonyl (C=O) groups excluding carboxylic acids is 1. The summed E-state index contributed by atoms with van der Waals surface area (Å²) < 4.78 is 15.9. The summed E-state index contributed by atoms with van der Waals surface area (Å²) in [5.74, 6) is 1.42. The molecule has 1 aliphatic heterocycles. The Balaban J connectivity index is 1.78. The van der Waals surface area contributed by atoms with Gasteiger partial charge >= 0.3 is 0 Å². The lowest BCUT2D eigenvalue weighted by Crippen LogP contribution is -2.55. The molecule has 0 spiro atoms. The number of ether oxygens (including phenoxy) is 3. The van der Waals surface area contributed by atoms with Crippen molar-refractivity contribution >= 4 is 5.91 Å². The Bertz CT molecular complexity index is 469. The Morgan fingerprint density at radius 2 is 2.05 bits per heavy atom. The maximum Gasteiger partial charge on any atom is 0.245 e. The second-order valence-electron chi connectivity index (χ2n) is 5.21. The van der Waals surface area contributed by atoms with Crippen LogP contribution in [0.2, 0.25) is 0 Å². The molecule has 1 amide bonds. The second kappa shape index (κ2) is 6.78. The van der Waals surface area contributed by atoms with Crippen LogP contribution in [0.3, 0.4) is 0 Å². The van der Waals surface area contributed by atoms with Gasteiger partial charge in [-0.15, -0.1) is 0 Å². The molecule has 1 aromatic carbocycles. The van der Waals surface area contributed by atoms with E-state index in [-0.39, 0.29) is 12.5 Å². The Morgan fingerprint density at radius 1 is 1.38 bits per heavy atom. The van der Waals surface area contributed by atoms with Crippen molar-refractivity contribution in [3.8, 4) is 11.5 Å². The molecule has 1 fully saturated rings. The lowest BCUT2D eigenvalue weighted by Gasteiger charge is -2.27. The fraction of sp³-hybridized carbons (Fsp3) is 0.533. The van der Waals surface area contributed by atoms with Crippen molar-refractivity contribution in [2.45, 2.75) is 12.0 Å². The molecule has 1 aliphatic rings. The standard InChI is InChI=1S/C15H22N2O4/c1-17(14(18)15(16)7-9-20-11-15)8-10-21-13-5-3-12(19-2)4-6-13/h3-6H,7-11,16H2,1-2H3. The van der Waals surface area contributed by atoms with Crippen LogP contribution < -0.4 is 15.2 Å². The molecule has 0 aromatic heterocycles. The van der Waals surface area contributed by atoms with Crippen LogP contribution in [0.1, 0.15) is 6.42 Å². The highest BCUT2D eigenvalue weighted by Crippen LogP contribution is 2.19. The number of methoxy groups -OCH3 is 1. The molecule has 0 bridgehead atoms. The van der Waals surface area contributed by atoms with Gasteiger partial charge in [-0.05, 0) is 30.7 Å². The maximum atomic E-state index is 12.2. The normalized spacial score (nSPS) is 21.1. The van der Waals surface area contributed by atoms with Gasteiger partial charge in [0.15, 0.2) is 0 Å². The van der Waals surface area contributed by atoms with Crippen molar-refractivity contribution in [1.82, 2.24) is 4.90 Å². The quantitative estimate of drug-likeness (QED) is 0.834. The number of amides is 1. The smallest absolute Gasteiger partial charge is 0.245 e. The number of nitrogens with two attached hydrogens (primary N) is 1. The van der Waals surface area contributed by atoms with Crippen molar-refractivity contribution in [1.29, 1.82) is 0 Å². The zero-order chi connectivity index (χ0) is 15.3. The van der Waals surface area contributed by atoms with E-state index in [2.05, 4.69) is 0 Å². The van der Waals surface area contributed by atoms with Crippen LogP contribution in [0.5, 0.6) is 11.5 Å². The highest BCUT2D eigenvalue weighted by atomic mass is 16.5. The molecule has 0 saturated carbocycles. The van der Waals surface area contributed by atoms with Crippen molar-refractivity contribution < 1.29 is 19.0 Å². The summed E-state index contributed by atoms with van der Waals surface area (Å²) in [4.78, 5) is 13.8. The van der Waals surface area contributed by atoms with Gasteiger partial charge in [0.25, 0.3) is 0 Å². The molecule has 1 saturated heterocycles. The first-order chi connectivity index (χ1) is 10.0. The minimum absolute atomic E-state index is 0.0988. The van der Waals surface area contributed by atoms with Crippen molar-refractivity contribution in [2.75, 3.05) is 40.5 Å². The Kier molecular flexibility index (Phi) is 5.03. The van der Waals surface area contributed by atoms with E-state index in [1.165, 1.54) is 0 Å². The lowest BCUT2D eigenvalue weighted by atomic mass is 9.99. The topological polar surface area (TPSA) is 74.0 Å². The first-order valence-corrected chi connectivity index (χ1v) is 6.94. The largest absolute Gasteiger partial charge is 0.497 e. The Morgan fingerprint density at radius 3 is 2.62 bits per heavy atom. The van der Waals surface area contributed by atoms with Crippen LogP contribution in [-0.2, 0) is 9.53 Å². The van der Waals surface area contributed by atoms with Gasteiger partial charge in [-0.25, -0.2) is 0 Å². The molecule has 0 radical (unpaired) electrons. The van der Waals surface area contributed by atoms with E-state index in [0.29, 0.717) is 26.2 Å². The van der Waals surface area contributed by atoms with E-state index in [0.717, 1.165) is 11.5 Å². The number of benzene rings is 1. The third kappa shape index (κ3) is 3.86. The van der Waals surface area contributed by atoms with Crippen LogP contribution in [0, 0.1) is 0 Å². The summed E-state index contributed by atoms with van der Waals surface area (Å²) >= 11 is 0. The van der Waals surface area contributed by atoms with Crippen molar-refractivity contribution in [2.24, 2.45) is 5.73 Å². The van der Waals surface area contributed by atoms with Crippen LogP contribution in [0.15, 0.2) is 24.3 Å². The summed E-state index contributed by atoms with van der Waals surface area (Å²) in [5, 5.41) is 0. The van der Waals surface area contributed by atoms with Gasteiger partial charge in [-0.3, -0.25) is 4.79 Å². The minimum Gasteiger partial charge on any atom is -0.497 e. The lowest BCUT2D eigenvalue weighted by molar-refractivity contribution is -0.136. The molecule has 21 heavy (non-hydrogen) atoms. The Hall–Kier alpha value is -1.79. The predicted octanol–water partition coefficient (Wildman–Crippen LogP) is 0.650. The average Bonchev–Trinajstić information content (AvgIpc) is 2.95. The van der Waals surface area contributed by atoms with Gasteiger partial charge in [0.05, 0.1) is 20.3 Å². The molecule has 1 atom stereocenters. The Labute approximate surface area is 124 Å². The maximum absolute atomic E-state index is 12.2. The number of likely N-dealkylation sites (N-methyl/N-ethyl adjacent to an activating group) is 1. The van der Waals surface area contributed by atoms with E-state index in [4.69, 9.17) is 19.9 Å². The number of carbonyl (C=O) groups is 1. The molecule has 6 heteroatoms. The molecule has 6 nitrogen and oxygen atoms in total. The molecule has 1 heterocycles. The van der Waals surface area contributed by atoms with Crippen LogP contribution in [0.4, 0.5) is 0 Å².